The summed E-state index contributed by atoms with van der Waals surface area (Å²) in [4.78, 5) is 21.8. The van der Waals surface area contributed by atoms with E-state index in [4.69, 9.17) is 14.2 Å². The maximum atomic E-state index is 14.6. The maximum Gasteiger partial charge on any atom is 0.230 e. The number of methoxy groups -OCH3 is 3. The van der Waals surface area contributed by atoms with E-state index >= 15 is 0 Å². The van der Waals surface area contributed by atoms with Crippen LogP contribution >= 0.6 is 0 Å². The first-order valence-corrected chi connectivity index (χ1v) is 11.2. The van der Waals surface area contributed by atoms with Crippen LogP contribution in [0.2, 0.25) is 0 Å². The highest BCUT2D eigenvalue weighted by molar-refractivity contribution is 5.93. The lowest BCUT2D eigenvalue weighted by Gasteiger charge is -2.18. The number of rotatable bonds is 7. The number of fused-ring (bicyclic) bond motifs is 3. The molecule has 0 bridgehead atoms. The fraction of sp³-hybridized carbons (Fsp3) is 0.333. The minimum atomic E-state index is -0.535. The number of carbonyl (C=O) groups excluding carboxylic acids is 1. The minimum Gasteiger partial charge on any atom is -0.497 e. The van der Waals surface area contributed by atoms with Crippen molar-refractivity contribution in [2.24, 2.45) is 0 Å². The van der Waals surface area contributed by atoms with E-state index < -0.39 is 11.7 Å². The van der Waals surface area contributed by atoms with E-state index in [2.05, 4.69) is 25.7 Å². The Bertz CT molecular complexity index is 1420. The van der Waals surface area contributed by atoms with E-state index in [1.165, 1.54) is 23.8 Å². The van der Waals surface area contributed by atoms with Gasteiger partial charge in [0.15, 0.2) is 23.0 Å². The van der Waals surface area contributed by atoms with E-state index in [1.54, 1.807) is 20.3 Å². The van der Waals surface area contributed by atoms with Crippen molar-refractivity contribution in [1.29, 1.82) is 0 Å². The summed E-state index contributed by atoms with van der Waals surface area (Å²) in [7, 11) is 4.58. The number of carbonyl (C=O) groups is 1. The number of piperidine rings is 1. The van der Waals surface area contributed by atoms with Crippen molar-refractivity contribution in [2.45, 2.75) is 25.3 Å². The third-order valence-corrected chi connectivity index (χ3v) is 6.09. The number of halogens is 1. The van der Waals surface area contributed by atoms with Gasteiger partial charge in [0, 0.05) is 36.2 Å². The van der Waals surface area contributed by atoms with Gasteiger partial charge in [0.25, 0.3) is 0 Å². The standard InChI is InChI=1S/C24H25FN6O4/c1-33-14-7-6-13(19(9-14)34-2)12-27-24-28-18-11-20(35-3)17(25)10-16(18)22-29-21(30-31(22)24)15-5-4-8-26-23(15)32/h6-7,9-11,15H,4-5,8,12H2,1-3H3,(H,26,32)(H,27,28). The Balaban J connectivity index is 1.61. The van der Waals surface area contributed by atoms with E-state index in [9.17, 15) is 9.18 Å². The molecule has 2 N–H and O–H groups in total. The van der Waals surface area contributed by atoms with Gasteiger partial charge in [-0.2, -0.15) is 4.52 Å². The van der Waals surface area contributed by atoms with Crippen molar-refractivity contribution in [3.8, 4) is 17.2 Å². The largest absolute Gasteiger partial charge is 0.497 e. The third-order valence-electron chi connectivity index (χ3n) is 6.09. The summed E-state index contributed by atoms with van der Waals surface area (Å²) in [5, 5.41) is 11.2. The first-order chi connectivity index (χ1) is 17.0. The molecular formula is C24H25FN6O4. The normalized spacial score (nSPS) is 15.8. The van der Waals surface area contributed by atoms with E-state index in [-0.39, 0.29) is 11.7 Å². The van der Waals surface area contributed by atoms with Gasteiger partial charge in [-0.05, 0) is 31.0 Å². The zero-order valence-corrected chi connectivity index (χ0v) is 19.6. The second-order valence-corrected chi connectivity index (χ2v) is 8.16. The van der Waals surface area contributed by atoms with Gasteiger partial charge in [0.1, 0.15) is 11.5 Å². The molecule has 1 aliphatic rings. The van der Waals surface area contributed by atoms with Crippen LogP contribution in [0.3, 0.4) is 0 Å². The number of ether oxygens (including phenoxy) is 3. The summed E-state index contributed by atoms with van der Waals surface area (Å²) in [5.41, 5.74) is 1.74. The van der Waals surface area contributed by atoms with Crippen molar-refractivity contribution in [1.82, 2.24) is 24.9 Å². The average Bonchev–Trinajstić information content (AvgIpc) is 3.33. The molecule has 1 unspecified atom stereocenters. The summed E-state index contributed by atoms with van der Waals surface area (Å²) in [6.45, 7) is 0.993. The summed E-state index contributed by atoms with van der Waals surface area (Å²) >= 11 is 0. The molecule has 2 aromatic carbocycles. The second-order valence-electron chi connectivity index (χ2n) is 8.16. The Hall–Kier alpha value is -4.15. The van der Waals surface area contributed by atoms with Crippen LogP contribution in [0.1, 0.15) is 30.1 Å². The molecule has 1 amide bonds. The zero-order chi connectivity index (χ0) is 24.5. The Labute approximate surface area is 200 Å². The Morgan fingerprint density at radius 3 is 2.69 bits per heavy atom. The molecule has 2 aromatic heterocycles. The number of nitrogens with zero attached hydrogens (tertiary/aromatic N) is 4. The molecular weight excluding hydrogens is 455 g/mol. The van der Waals surface area contributed by atoms with Crippen LogP contribution in [0, 0.1) is 5.82 Å². The quantitative estimate of drug-likeness (QED) is 0.415. The molecule has 1 atom stereocenters. The van der Waals surface area contributed by atoms with Gasteiger partial charge in [0.05, 0.1) is 32.8 Å². The summed E-state index contributed by atoms with van der Waals surface area (Å²) in [6.07, 6.45) is 1.47. The molecule has 0 spiro atoms. The number of aromatic nitrogens is 4. The molecule has 10 nitrogen and oxygen atoms in total. The van der Waals surface area contributed by atoms with Gasteiger partial charge in [-0.3, -0.25) is 4.79 Å². The molecule has 0 radical (unpaired) electrons. The zero-order valence-electron chi connectivity index (χ0n) is 19.6. The van der Waals surface area contributed by atoms with Gasteiger partial charge in [-0.25, -0.2) is 14.4 Å². The SMILES string of the molecule is COc1ccc(CNc2nc3cc(OC)c(F)cc3c3nc(C4CCCNC4=O)nn23)c(OC)c1. The lowest BCUT2D eigenvalue weighted by atomic mass is 9.98. The molecule has 5 rings (SSSR count). The van der Waals surface area contributed by atoms with Crippen LogP contribution in [0.4, 0.5) is 10.3 Å². The van der Waals surface area contributed by atoms with Gasteiger partial charge in [-0.15, -0.1) is 5.10 Å². The Morgan fingerprint density at radius 1 is 1.11 bits per heavy atom. The highest BCUT2D eigenvalue weighted by Gasteiger charge is 2.29. The van der Waals surface area contributed by atoms with Gasteiger partial charge >= 0.3 is 0 Å². The minimum absolute atomic E-state index is 0.0727. The first-order valence-electron chi connectivity index (χ1n) is 11.2. The molecule has 1 aliphatic heterocycles. The van der Waals surface area contributed by atoms with E-state index in [0.717, 1.165) is 12.0 Å². The van der Waals surface area contributed by atoms with Crippen molar-refractivity contribution in [2.75, 3.05) is 33.2 Å². The van der Waals surface area contributed by atoms with Crippen LogP contribution in [-0.2, 0) is 11.3 Å². The number of amides is 1. The lowest BCUT2D eigenvalue weighted by Crippen LogP contribution is -2.35. The number of anilines is 1. The predicted octanol–water partition coefficient (Wildman–Crippen LogP) is 3.05. The second kappa shape index (κ2) is 9.24. The fourth-order valence-electron chi connectivity index (χ4n) is 4.23. The van der Waals surface area contributed by atoms with Crippen LogP contribution in [0.15, 0.2) is 30.3 Å². The molecule has 3 heterocycles. The smallest absolute Gasteiger partial charge is 0.230 e. The van der Waals surface area contributed by atoms with Crippen molar-refractivity contribution in [3.63, 3.8) is 0 Å². The highest BCUT2D eigenvalue weighted by Crippen LogP contribution is 2.31. The van der Waals surface area contributed by atoms with Crippen molar-refractivity contribution < 1.29 is 23.4 Å². The number of hydrogen-bond acceptors (Lipinski definition) is 8. The molecule has 11 heteroatoms. The molecule has 35 heavy (non-hydrogen) atoms. The summed E-state index contributed by atoms with van der Waals surface area (Å²) < 4.78 is 32.0. The van der Waals surface area contributed by atoms with Gasteiger partial charge in [0.2, 0.25) is 11.9 Å². The molecule has 182 valence electrons. The lowest BCUT2D eigenvalue weighted by molar-refractivity contribution is -0.124. The average molecular weight is 481 g/mol. The molecule has 0 aliphatic carbocycles. The molecule has 1 fully saturated rings. The predicted molar refractivity (Wildman–Crippen MR) is 127 cm³/mol. The van der Waals surface area contributed by atoms with Crippen molar-refractivity contribution >= 4 is 28.4 Å². The van der Waals surface area contributed by atoms with E-state index in [0.29, 0.717) is 59.3 Å². The maximum absolute atomic E-state index is 14.6. The van der Waals surface area contributed by atoms with Gasteiger partial charge in [-0.1, -0.05) is 0 Å². The highest BCUT2D eigenvalue weighted by atomic mass is 19.1. The Morgan fingerprint density at radius 2 is 1.94 bits per heavy atom. The van der Waals surface area contributed by atoms with E-state index in [1.807, 2.05) is 12.1 Å². The molecule has 1 saturated heterocycles. The third kappa shape index (κ3) is 4.13. The number of benzene rings is 2. The summed E-state index contributed by atoms with van der Waals surface area (Å²) in [5.74, 6) is 1.03. The van der Waals surface area contributed by atoms with Crippen LogP contribution in [0.5, 0.6) is 17.2 Å². The first kappa shape index (κ1) is 22.6. The monoisotopic (exact) mass is 480 g/mol. The van der Waals surface area contributed by atoms with Crippen LogP contribution in [0.25, 0.3) is 16.6 Å². The number of hydrogen-bond donors (Lipinski definition) is 2. The van der Waals surface area contributed by atoms with Crippen molar-refractivity contribution in [3.05, 3.63) is 47.5 Å². The molecule has 0 saturated carbocycles. The molecule has 4 aromatic rings. The van der Waals surface area contributed by atoms with Crippen LogP contribution < -0.4 is 24.8 Å². The topological polar surface area (TPSA) is 112 Å². The number of nitrogens with one attached hydrogen (secondary N) is 2. The van der Waals surface area contributed by atoms with Gasteiger partial charge < -0.3 is 24.8 Å². The van der Waals surface area contributed by atoms with Crippen LogP contribution in [-0.4, -0.2) is 53.4 Å². The summed E-state index contributed by atoms with van der Waals surface area (Å²) in [6, 6.07) is 8.37. The fourth-order valence-corrected chi connectivity index (χ4v) is 4.23. The Kier molecular flexibility index (Phi) is 5.98.